The van der Waals surface area contributed by atoms with Gasteiger partial charge in [-0.25, -0.2) is 0 Å². The highest BCUT2D eigenvalue weighted by molar-refractivity contribution is 9.10. The van der Waals surface area contributed by atoms with Crippen molar-refractivity contribution in [2.45, 2.75) is 26.8 Å². The van der Waals surface area contributed by atoms with Crippen molar-refractivity contribution in [3.63, 3.8) is 0 Å². The largest absolute Gasteiger partial charge is 0.380 e. The summed E-state index contributed by atoms with van der Waals surface area (Å²) in [7, 11) is 0. The molecule has 116 valence electrons. The maximum Gasteiger partial charge on any atom is 0.227 e. The molecule has 1 aromatic heterocycles. The minimum absolute atomic E-state index is 0.0227. The molecule has 0 radical (unpaired) electrons. The number of hydrogen-bond donors (Lipinski definition) is 2. The number of nitrogens with zero attached hydrogens (tertiary/aromatic N) is 1. The quantitative estimate of drug-likeness (QED) is 0.799. The van der Waals surface area contributed by atoms with Crippen LogP contribution in [0.3, 0.4) is 0 Å². The van der Waals surface area contributed by atoms with Gasteiger partial charge in [0.25, 0.3) is 0 Å². The van der Waals surface area contributed by atoms with E-state index in [1.165, 1.54) is 0 Å². The van der Waals surface area contributed by atoms with Crippen LogP contribution < -0.4 is 10.6 Å². The van der Waals surface area contributed by atoms with E-state index in [9.17, 15) is 4.79 Å². The minimum atomic E-state index is 0.0227. The minimum Gasteiger partial charge on any atom is -0.380 e. The number of hydrogen-bond acceptors (Lipinski definition) is 3. The molecule has 2 aromatic rings. The maximum atomic E-state index is 11.9. The van der Waals surface area contributed by atoms with Gasteiger partial charge in [0.2, 0.25) is 5.91 Å². The first-order chi connectivity index (χ1) is 10.6. The zero-order valence-electron chi connectivity index (χ0n) is 12.8. The molecule has 1 aromatic carbocycles. The van der Waals surface area contributed by atoms with E-state index >= 15 is 0 Å². The van der Waals surface area contributed by atoms with Gasteiger partial charge in [-0.1, -0.05) is 26.0 Å². The van der Waals surface area contributed by atoms with Crippen molar-refractivity contribution in [2.75, 3.05) is 10.6 Å². The molecule has 0 saturated carbocycles. The van der Waals surface area contributed by atoms with Gasteiger partial charge in [0.05, 0.1) is 11.9 Å². The highest BCUT2D eigenvalue weighted by atomic mass is 79.9. The summed E-state index contributed by atoms with van der Waals surface area (Å²) in [4.78, 5) is 16.0. The highest BCUT2D eigenvalue weighted by Crippen LogP contribution is 2.17. The van der Waals surface area contributed by atoms with Crippen LogP contribution in [0.1, 0.15) is 25.8 Å². The van der Waals surface area contributed by atoms with Gasteiger partial charge < -0.3 is 10.6 Å². The predicted molar refractivity (Wildman–Crippen MR) is 93.8 cm³/mol. The molecule has 1 atom stereocenters. The molecule has 0 saturated heterocycles. The zero-order valence-corrected chi connectivity index (χ0v) is 14.4. The Hall–Kier alpha value is -1.88. The Labute approximate surface area is 139 Å². The number of carbonyl (C=O) groups excluding carboxylic acids is 1. The predicted octanol–water partition coefficient (Wildman–Crippen LogP) is 4.44. The topological polar surface area (TPSA) is 54.0 Å². The average Bonchev–Trinajstić information content (AvgIpc) is 2.52. The Kier molecular flexibility index (Phi) is 5.95. The summed E-state index contributed by atoms with van der Waals surface area (Å²) in [5.74, 6) is 0.0818. The molecule has 4 nitrogen and oxygen atoms in total. The Morgan fingerprint density at radius 3 is 2.82 bits per heavy atom. The molecule has 0 bridgehead atoms. The third-order valence-electron chi connectivity index (χ3n) is 3.46. The van der Waals surface area contributed by atoms with Gasteiger partial charge >= 0.3 is 0 Å². The Morgan fingerprint density at radius 1 is 1.27 bits per heavy atom. The number of aromatic nitrogens is 1. The number of anilines is 2. The van der Waals surface area contributed by atoms with E-state index in [4.69, 9.17) is 0 Å². The van der Waals surface area contributed by atoms with Gasteiger partial charge in [0.15, 0.2) is 0 Å². The summed E-state index contributed by atoms with van der Waals surface area (Å²) in [5.41, 5.74) is 2.88. The first-order valence-corrected chi connectivity index (χ1v) is 8.12. The lowest BCUT2D eigenvalue weighted by atomic mass is 10.1. The van der Waals surface area contributed by atoms with E-state index in [1.54, 1.807) is 12.4 Å². The Morgan fingerprint density at radius 2 is 2.09 bits per heavy atom. The summed E-state index contributed by atoms with van der Waals surface area (Å²) < 4.78 is 0.937. The molecule has 1 amide bonds. The number of halogens is 1. The lowest BCUT2D eigenvalue weighted by Crippen LogP contribution is -2.19. The van der Waals surface area contributed by atoms with Crippen LogP contribution in [0.25, 0.3) is 0 Å². The zero-order chi connectivity index (χ0) is 15.9. The van der Waals surface area contributed by atoms with Crippen molar-refractivity contribution >= 4 is 33.2 Å². The summed E-state index contributed by atoms with van der Waals surface area (Å²) in [6.07, 6.45) is 4.36. The molecule has 0 aliphatic carbocycles. The number of rotatable bonds is 6. The smallest absolute Gasteiger partial charge is 0.227 e. The van der Waals surface area contributed by atoms with E-state index in [0.717, 1.165) is 27.8 Å². The van der Waals surface area contributed by atoms with Crippen LogP contribution in [-0.4, -0.2) is 10.9 Å². The molecule has 22 heavy (non-hydrogen) atoms. The summed E-state index contributed by atoms with van der Waals surface area (Å²) in [6.45, 7) is 4.61. The molecule has 1 unspecified atom stereocenters. The Bertz CT molecular complexity index is 645. The van der Waals surface area contributed by atoms with Crippen LogP contribution in [0.15, 0.2) is 47.2 Å². The van der Waals surface area contributed by atoms with Crippen molar-refractivity contribution in [3.05, 3.63) is 52.8 Å². The van der Waals surface area contributed by atoms with Crippen LogP contribution in [0.5, 0.6) is 0 Å². The lowest BCUT2D eigenvalue weighted by molar-refractivity contribution is -0.119. The van der Waals surface area contributed by atoms with Crippen LogP contribution in [0.4, 0.5) is 11.4 Å². The summed E-state index contributed by atoms with van der Waals surface area (Å²) in [6, 6.07) is 9.84. The second-order valence-corrected chi connectivity index (χ2v) is 6.16. The molecular formula is C17H20BrN3O. The monoisotopic (exact) mass is 361 g/mol. The van der Waals surface area contributed by atoms with Crippen LogP contribution in [-0.2, 0) is 11.3 Å². The number of nitrogens with one attached hydrogen (secondary N) is 2. The molecule has 0 spiro atoms. The van der Waals surface area contributed by atoms with Gasteiger partial charge in [0.1, 0.15) is 0 Å². The van der Waals surface area contributed by atoms with Crippen molar-refractivity contribution in [3.8, 4) is 0 Å². The fourth-order valence-corrected chi connectivity index (χ4v) is 2.29. The van der Waals surface area contributed by atoms with Gasteiger partial charge in [-0.3, -0.25) is 9.78 Å². The summed E-state index contributed by atoms with van der Waals surface area (Å²) in [5, 5.41) is 6.26. The number of amides is 1. The first-order valence-electron chi connectivity index (χ1n) is 7.32. The molecule has 2 rings (SSSR count). The fraction of sp³-hybridized carbons (Fsp3) is 0.294. The second kappa shape index (κ2) is 7.94. The SMILES string of the molecule is CCC(C)C(=O)Nc1cccc(CNc2cncc(Br)c2)c1. The van der Waals surface area contributed by atoms with Crippen LogP contribution in [0, 0.1) is 5.92 Å². The van der Waals surface area contributed by atoms with E-state index in [2.05, 4.69) is 31.5 Å². The third kappa shape index (κ3) is 4.84. The standard InChI is InChI=1S/C17H20BrN3O/c1-3-12(2)17(22)21-15-6-4-5-13(7-15)9-20-16-8-14(18)10-19-11-16/h4-8,10-12,20H,3,9H2,1-2H3,(H,21,22). The molecule has 2 N–H and O–H groups in total. The normalized spacial score (nSPS) is 11.8. The van der Waals surface area contributed by atoms with E-state index in [-0.39, 0.29) is 11.8 Å². The third-order valence-corrected chi connectivity index (χ3v) is 3.89. The van der Waals surface area contributed by atoms with Crippen LogP contribution >= 0.6 is 15.9 Å². The molecule has 5 heteroatoms. The lowest BCUT2D eigenvalue weighted by Gasteiger charge is -2.12. The summed E-state index contributed by atoms with van der Waals surface area (Å²) >= 11 is 3.40. The van der Waals surface area contributed by atoms with Crippen molar-refractivity contribution in [1.29, 1.82) is 0 Å². The molecular weight excluding hydrogens is 342 g/mol. The van der Waals surface area contributed by atoms with Gasteiger partial charge in [-0.15, -0.1) is 0 Å². The number of pyridine rings is 1. The van der Waals surface area contributed by atoms with E-state index in [0.29, 0.717) is 6.54 Å². The van der Waals surface area contributed by atoms with Crippen molar-refractivity contribution in [2.24, 2.45) is 5.92 Å². The number of carbonyl (C=O) groups is 1. The fourth-order valence-electron chi connectivity index (χ4n) is 1.92. The average molecular weight is 362 g/mol. The number of benzene rings is 1. The van der Waals surface area contributed by atoms with E-state index < -0.39 is 0 Å². The van der Waals surface area contributed by atoms with E-state index in [1.807, 2.05) is 44.2 Å². The van der Waals surface area contributed by atoms with Crippen LogP contribution in [0.2, 0.25) is 0 Å². The molecule has 0 fully saturated rings. The maximum absolute atomic E-state index is 11.9. The van der Waals surface area contributed by atoms with Gasteiger partial charge in [0, 0.05) is 28.8 Å². The highest BCUT2D eigenvalue weighted by Gasteiger charge is 2.10. The van der Waals surface area contributed by atoms with Gasteiger partial charge in [-0.05, 0) is 46.1 Å². The molecule has 0 aliphatic heterocycles. The second-order valence-electron chi connectivity index (χ2n) is 5.24. The Balaban J connectivity index is 1.98. The molecule has 1 heterocycles. The molecule has 0 aliphatic rings. The first kappa shape index (κ1) is 16.5. The van der Waals surface area contributed by atoms with Crippen molar-refractivity contribution in [1.82, 2.24) is 4.98 Å². The van der Waals surface area contributed by atoms with Gasteiger partial charge in [-0.2, -0.15) is 0 Å². The van der Waals surface area contributed by atoms with Crippen molar-refractivity contribution < 1.29 is 4.79 Å².